The maximum absolute atomic E-state index is 10.8. The fourth-order valence-electron chi connectivity index (χ4n) is 1.30. The first-order chi connectivity index (χ1) is 4.70. The molecule has 0 unspecified atom stereocenters. The number of rotatable bonds is 0. The number of piperidine rings is 1. The summed E-state index contributed by atoms with van der Waals surface area (Å²) < 4.78 is 0. The fraction of sp³-hybridized carbons (Fsp3) is 0.857. The second kappa shape index (κ2) is 4.57. The predicted octanol–water partition coefficient (Wildman–Crippen LogP) is 0.378. The Morgan fingerprint density at radius 3 is 2.64 bits per heavy atom. The molecule has 0 spiro atoms. The van der Waals surface area contributed by atoms with E-state index in [1.165, 1.54) is 0 Å². The van der Waals surface area contributed by atoms with Gasteiger partial charge >= 0.3 is 0 Å². The third-order valence-electron chi connectivity index (χ3n) is 1.90. The number of hydrogen-bond donors (Lipinski definition) is 1. The summed E-state index contributed by atoms with van der Waals surface area (Å²) in [6.45, 7) is 3.23. The molecular weight excluding hydrogens is 164 g/mol. The van der Waals surface area contributed by atoms with Crippen molar-refractivity contribution in [2.75, 3.05) is 13.1 Å². The van der Waals surface area contributed by atoms with Gasteiger partial charge in [-0.2, -0.15) is 0 Å². The Balaban J connectivity index is 0.000001000. The third-order valence-corrected chi connectivity index (χ3v) is 1.90. The lowest BCUT2D eigenvalue weighted by Gasteiger charge is -2.29. The summed E-state index contributed by atoms with van der Waals surface area (Å²) in [7, 11) is 0. The first-order valence-corrected chi connectivity index (χ1v) is 3.71. The van der Waals surface area contributed by atoms with Crippen LogP contribution in [0.2, 0.25) is 0 Å². The monoisotopic (exact) mass is 178 g/mol. The molecule has 3 nitrogen and oxygen atoms in total. The number of nitrogens with two attached hydrogens (primary N) is 1. The molecule has 1 saturated heterocycles. The average molecular weight is 179 g/mol. The van der Waals surface area contributed by atoms with Crippen LogP contribution in [0.4, 0.5) is 0 Å². The fourth-order valence-corrected chi connectivity index (χ4v) is 1.30. The van der Waals surface area contributed by atoms with Gasteiger partial charge in [-0.25, -0.2) is 0 Å². The van der Waals surface area contributed by atoms with Gasteiger partial charge in [-0.3, -0.25) is 4.79 Å². The van der Waals surface area contributed by atoms with Crippen molar-refractivity contribution >= 4 is 18.3 Å². The molecule has 0 aromatic heterocycles. The van der Waals surface area contributed by atoms with Gasteiger partial charge in [0.25, 0.3) is 0 Å². The highest BCUT2D eigenvalue weighted by Crippen LogP contribution is 2.07. The van der Waals surface area contributed by atoms with Crippen LogP contribution in [-0.4, -0.2) is 29.9 Å². The highest BCUT2D eigenvalue weighted by atomic mass is 35.5. The van der Waals surface area contributed by atoms with Crippen LogP contribution in [0.5, 0.6) is 0 Å². The van der Waals surface area contributed by atoms with Gasteiger partial charge in [0.2, 0.25) is 5.91 Å². The van der Waals surface area contributed by atoms with Crippen molar-refractivity contribution in [3.05, 3.63) is 0 Å². The minimum absolute atomic E-state index is 0. The number of amides is 1. The first-order valence-electron chi connectivity index (χ1n) is 3.71. The van der Waals surface area contributed by atoms with Gasteiger partial charge in [-0.05, 0) is 12.8 Å². The molecule has 1 rings (SSSR count). The van der Waals surface area contributed by atoms with E-state index in [0.29, 0.717) is 0 Å². The van der Waals surface area contributed by atoms with Gasteiger partial charge in [0.1, 0.15) is 0 Å². The standard InChI is InChI=1S/C7H14N2O.ClH/c1-6(10)9-4-2-3-7(8)5-9;/h7H,2-5,8H2,1H3;1H/t7-;/m0./s1. The minimum Gasteiger partial charge on any atom is -0.341 e. The normalized spacial score (nSPS) is 24.2. The van der Waals surface area contributed by atoms with Crippen molar-refractivity contribution in [2.45, 2.75) is 25.8 Å². The molecule has 0 saturated carbocycles. The second-order valence-electron chi connectivity index (χ2n) is 2.87. The predicted molar refractivity (Wildman–Crippen MR) is 46.7 cm³/mol. The summed E-state index contributed by atoms with van der Waals surface area (Å²) in [4.78, 5) is 12.6. The molecule has 2 N–H and O–H groups in total. The molecule has 1 fully saturated rings. The first kappa shape index (κ1) is 10.7. The summed E-state index contributed by atoms with van der Waals surface area (Å²) in [6.07, 6.45) is 2.12. The Labute approximate surface area is 73.3 Å². The van der Waals surface area contributed by atoms with Gasteiger partial charge in [0.15, 0.2) is 0 Å². The van der Waals surface area contributed by atoms with Crippen LogP contribution in [0.1, 0.15) is 19.8 Å². The molecule has 1 atom stereocenters. The van der Waals surface area contributed by atoms with Crippen LogP contribution in [0, 0.1) is 0 Å². The smallest absolute Gasteiger partial charge is 0.219 e. The molecule has 66 valence electrons. The van der Waals surface area contributed by atoms with Crippen molar-refractivity contribution in [3.8, 4) is 0 Å². The van der Waals surface area contributed by atoms with Crippen LogP contribution >= 0.6 is 12.4 Å². The van der Waals surface area contributed by atoms with Crippen molar-refractivity contribution in [1.82, 2.24) is 4.90 Å². The van der Waals surface area contributed by atoms with Crippen molar-refractivity contribution < 1.29 is 4.79 Å². The SMILES string of the molecule is CC(=O)N1CCC[C@H](N)C1.Cl. The molecule has 0 aromatic carbocycles. The van der Waals surface area contributed by atoms with Crippen LogP contribution in [0.25, 0.3) is 0 Å². The van der Waals surface area contributed by atoms with E-state index in [4.69, 9.17) is 5.73 Å². The Morgan fingerprint density at radius 1 is 1.64 bits per heavy atom. The van der Waals surface area contributed by atoms with Gasteiger partial charge in [0, 0.05) is 26.1 Å². The van der Waals surface area contributed by atoms with Gasteiger partial charge < -0.3 is 10.6 Å². The van der Waals surface area contributed by atoms with Crippen LogP contribution < -0.4 is 5.73 Å². The number of carbonyl (C=O) groups is 1. The van der Waals surface area contributed by atoms with Gasteiger partial charge in [0.05, 0.1) is 0 Å². The zero-order chi connectivity index (χ0) is 7.56. The summed E-state index contributed by atoms with van der Waals surface area (Å²) in [5.74, 6) is 0.148. The van der Waals surface area contributed by atoms with Crippen LogP contribution in [0.3, 0.4) is 0 Å². The topological polar surface area (TPSA) is 46.3 Å². The molecule has 1 aliphatic heterocycles. The molecule has 0 aromatic rings. The third kappa shape index (κ3) is 3.08. The lowest BCUT2D eigenvalue weighted by Crippen LogP contribution is -2.44. The maximum atomic E-state index is 10.8. The number of halogens is 1. The summed E-state index contributed by atoms with van der Waals surface area (Å²) in [5, 5.41) is 0. The Kier molecular flexibility index (Phi) is 4.45. The molecule has 1 heterocycles. The van der Waals surface area contributed by atoms with E-state index in [-0.39, 0.29) is 24.4 Å². The van der Waals surface area contributed by atoms with E-state index < -0.39 is 0 Å². The second-order valence-corrected chi connectivity index (χ2v) is 2.87. The van der Waals surface area contributed by atoms with Crippen LogP contribution in [-0.2, 0) is 4.79 Å². The van der Waals surface area contributed by atoms with Gasteiger partial charge in [-0.15, -0.1) is 12.4 Å². The molecule has 4 heteroatoms. The van der Waals surface area contributed by atoms with Gasteiger partial charge in [-0.1, -0.05) is 0 Å². The maximum Gasteiger partial charge on any atom is 0.219 e. The van der Waals surface area contributed by atoms with Crippen molar-refractivity contribution in [3.63, 3.8) is 0 Å². The Bertz CT molecular complexity index is 140. The largest absolute Gasteiger partial charge is 0.341 e. The Morgan fingerprint density at radius 2 is 2.27 bits per heavy atom. The van der Waals surface area contributed by atoms with E-state index in [2.05, 4.69) is 0 Å². The van der Waals surface area contributed by atoms with E-state index >= 15 is 0 Å². The molecule has 1 aliphatic rings. The summed E-state index contributed by atoms with van der Waals surface area (Å²) in [6, 6.07) is 0.206. The summed E-state index contributed by atoms with van der Waals surface area (Å²) >= 11 is 0. The zero-order valence-electron chi connectivity index (χ0n) is 6.75. The summed E-state index contributed by atoms with van der Waals surface area (Å²) in [5.41, 5.74) is 5.67. The number of hydrogen-bond acceptors (Lipinski definition) is 2. The number of nitrogens with zero attached hydrogens (tertiary/aromatic N) is 1. The molecule has 0 bridgehead atoms. The lowest BCUT2D eigenvalue weighted by atomic mass is 10.1. The number of carbonyl (C=O) groups excluding carboxylic acids is 1. The van der Waals surface area contributed by atoms with E-state index in [9.17, 15) is 4.79 Å². The van der Waals surface area contributed by atoms with E-state index in [1.54, 1.807) is 6.92 Å². The molecule has 11 heavy (non-hydrogen) atoms. The highest BCUT2D eigenvalue weighted by Gasteiger charge is 2.17. The molecule has 0 aliphatic carbocycles. The van der Waals surface area contributed by atoms with E-state index in [1.807, 2.05) is 4.90 Å². The molecule has 0 radical (unpaired) electrons. The molecular formula is C7H15ClN2O. The highest BCUT2D eigenvalue weighted by molar-refractivity contribution is 5.85. The van der Waals surface area contributed by atoms with Crippen molar-refractivity contribution in [1.29, 1.82) is 0 Å². The Hall–Kier alpha value is -0.280. The van der Waals surface area contributed by atoms with Crippen LogP contribution in [0.15, 0.2) is 0 Å². The zero-order valence-corrected chi connectivity index (χ0v) is 7.56. The average Bonchev–Trinajstić information content (AvgIpc) is 1.88. The quantitative estimate of drug-likeness (QED) is 0.583. The molecule has 1 amide bonds. The minimum atomic E-state index is 0. The van der Waals surface area contributed by atoms with E-state index in [0.717, 1.165) is 25.9 Å². The number of likely N-dealkylation sites (tertiary alicyclic amines) is 1. The lowest BCUT2D eigenvalue weighted by molar-refractivity contribution is -0.129. The van der Waals surface area contributed by atoms with Crippen molar-refractivity contribution in [2.24, 2.45) is 5.73 Å².